The van der Waals surface area contributed by atoms with Gasteiger partial charge < -0.3 is 10.1 Å². The van der Waals surface area contributed by atoms with Crippen LogP contribution in [0.1, 0.15) is 11.1 Å². The zero-order valence-electron chi connectivity index (χ0n) is 10.1. The minimum Gasteiger partial charge on any atom is -0.380 e. The molecule has 0 spiro atoms. The standard InChI is InChI=1S/C13H14ClN3O/c1-18-9-11-5-3-2-4-10(11)8-17-13-12(14)15-6-7-16-13/h2-7H,8-9H2,1H3,(H,16,17). The molecule has 0 bridgehead atoms. The summed E-state index contributed by atoms with van der Waals surface area (Å²) in [4.78, 5) is 8.10. The average molecular weight is 264 g/mol. The van der Waals surface area contributed by atoms with Crippen LogP contribution in [0.2, 0.25) is 5.15 Å². The Balaban J connectivity index is 2.08. The van der Waals surface area contributed by atoms with Crippen molar-refractivity contribution in [2.24, 2.45) is 0 Å². The van der Waals surface area contributed by atoms with E-state index >= 15 is 0 Å². The van der Waals surface area contributed by atoms with Gasteiger partial charge in [0.1, 0.15) is 0 Å². The van der Waals surface area contributed by atoms with Crippen molar-refractivity contribution in [1.29, 1.82) is 0 Å². The van der Waals surface area contributed by atoms with Crippen LogP contribution in [0.3, 0.4) is 0 Å². The molecule has 0 aliphatic carbocycles. The normalized spacial score (nSPS) is 10.3. The monoisotopic (exact) mass is 263 g/mol. The molecule has 0 saturated carbocycles. The van der Waals surface area contributed by atoms with Crippen molar-refractivity contribution in [3.8, 4) is 0 Å². The maximum absolute atomic E-state index is 5.93. The summed E-state index contributed by atoms with van der Waals surface area (Å²) < 4.78 is 5.16. The fraction of sp³-hybridized carbons (Fsp3) is 0.231. The third-order valence-corrected chi connectivity index (χ3v) is 2.79. The van der Waals surface area contributed by atoms with E-state index in [9.17, 15) is 0 Å². The molecule has 0 aliphatic heterocycles. The van der Waals surface area contributed by atoms with E-state index < -0.39 is 0 Å². The largest absolute Gasteiger partial charge is 0.380 e. The van der Waals surface area contributed by atoms with E-state index in [2.05, 4.69) is 15.3 Å². The molecule has 2 aromatic rings. The lowest BCUT2D eigenvalue weighted by molar-refractivity contribution is 0.184. The fourth-order valence-corrected chi connectivity index (χ4v) is 1.82. The van der Waals surface area contributed by atoms with Crippen LogP contribution in [0.5, 0.6) is 0 Å². The quantitative estimate of drug-likeness (QED) is 0.901. The number of rotatable bonds is 5. The topological polar surface area (TPSA) is 47.0 Å². The van der Waals surface area contributed by atoms with Gasteiger partial charge >= 0.3 is 0 Å². The highest BCUT2D eigenvalue weighted by Gasteiger charge is 2.04. The van der Waals surface area contributed by atoms with Crippen LogP contribution in [0.25, 0.3) is 0 Å². The highest BCUT2D eigenvalue weighted by molar-refractivity contribution is 6.31. The van der Waals surface area contributed by atoms with Gasteiger partial charge in [0.05, 0.1) is 6.61 Å². The zero-order valence-corrected chi connectivity index (χ0v) is 10.8. The minimum absolute atomic E-state index is 0.377. The van der Waals surface area contributed by atoms with Crippen LogP contribution in [-0.2, 0) is 17.9 Å². The second-order valence-electron chi connectivity index (χ2n) is 3.75. The molecule has 1 aromatic heterocycles. The fourth-order valence-electron chi connectivity index (χ4n) is 1.64. The van der Waals surface area contributed by atoms with Gasteiger partial charge in [-0.15, -0.1) is 0 Å². The molecule has 18 heavy (non-hydrogen) atoms. The summed E-state index contributed by atoms with van der Waals surface area (Å²) in [6.45, 7) is 1.23. The van der Waals surface area contributed by atoms with E-state index in [1.54, 1.807) is 19.5 Å². The summed E-state index contributed by atoms with van der Waals surface area (Å²) in [6, 6.07) is 8.08. The smallest absolute Gasteiger partial charge is 0.171 e. The average Bonchev–Trinajstić information content (AvgIpc) is 2.40. The molecule has 94 valence electrons. The summed E-state index contributed by atoms with van der Waals surface area (Å²) in [5.74, 6) is 0.589. The Morgan fingerprint density at radius 1 is 1.17 bits per heavy atom. The molecule has 1 heterocycles. The van der Waals surface area contributed by atoms with Crippen molar-refractivity contribution in [1.82, 2.24) is 9.97 Å². The number of hydrogen-bond acceptors (Lipinski definition) is 4. The van der Waals surface area contributed by atoms with Crippen molar-refractivity contribution in [3.63, 3.8) is 0 Å². The van der Waals surface area contributed by atoms with E-state index in [4.69, 9.17) is 16.3 Å². The third-order valence-electron chi connectivity index (χ3n) is 2.52. The number of ether oxygens (including phenoxy) is 1. The molecule has 5 heteroatoms. The summed E-state index contributed by atoms with van der Waals surface area (Å²) in [7, 11) is 1.68. The molecule has 1 aromatic carbocycles. The molecule has 0 fully saturated rings. The maximum atomic E-state index is 5.93. The lowest BCUT2D eigenvalue weighted by atomic mass is 10.1. The Morgan fingerprint density at radius 2 is 1.89 bits per heavy atom. The number of anilines is 1. The van der Waals surface area contributed by atoms with Gasteiger partial charge in [-0.1, -0.05) is 35.9 Å². The Kier molecular flexibility index (Phi) is 4.50. The van der Waals surface area contributed by atoms with Gasteiger partial charge in [-0.25, -0.2) is 9.97 Å². The first-order chi connectivity index (χ1) is 8.81. The van der Waals surface area contributed by atoms with Crippen molar-refractivity contribution in [3.05, 3.63) is 52.9 Å². The Morgan fingerprint density at radius 3 is 2.61 bits per heavy atom. The van der Waals surface area contributed by atoms with Gasteiger partial charge in [0.2, 0.25) is 0 Å². The highest BCUT2D eigenvalue weighted by atomic mass is 35.5. The number of benzene rings is 1. The van der Waals surface area contributed by atoms with E-state index in [0.717, 1.165) is 11.1 Å². The third kappa shape index (κ3) is 3.18. The van der Waals surface area contributed by atoms with E-state index in [1.807, 2.05) is 24.3 Å². The van der Waals surface area contributed by atoms with Gasteiger partial charge in [-0.2, -0.15) is 0 Å². The molecule has 0 radical (unpaired) electrons. The Labute approximate surface area is 111 Å². The molecule has 2 rings (SSSR count). The minimum atomic E-state index is 0.377. The number of halogens is 1. The van der Waals surface area contributed by atoms with Crippen molar-refractivity contribution in [2.75, 3.05) is 12.4 Å². The molecule has 0 aliphatic rings. The van der Waals surface area contributed by atoms with Crippen LogP contribution in [-0.4, -0.2) is 17.1 Å². The first kappa shape index (κ1) is 12.8. The summed E-state index contributed by atoms with van der Waals surface area (Å²) >= 11 is 5.93. The Hall–Kier alpha value is -1.65. The van der Waals surface area contributed by atoms with Gasteiger partial charge in [-0.05, 0) is 11.1 Å². The van der Waals surface area contributed by atoms with Crippen LogP contribution >= 0.6 is 11.6 Å². The number of hydrogen-bond donors (Lipinski definition) is 1. The van der Waals surface area contributed by atoms with E-state index in [-0.39, 0.29) is 0 Å². The lowest BCUT2D eigenvalue weighted by Crippen LogP contribution is -2.05. The summed E-state index contributed by atoms with van der Waals surface area (Å²) in [5.41, 5.74) is 2.30. The first-order valence-electron chi connectivity index (χ1n) is 5.57. The molecule has 1 N–H and O–H groups in total. The van der Waals surface area contributed by atoms with Crippen LogP contribution in [0.4, 0.5) is 5.82 Å². The van der Waals surface area contributed by atoms with E-state index in [0.29, 0.717) is 24.1 Å². The first-order valence-corrected chi connectivity index (χ1v) is 5.95. The SMILES string of the molecule is COCc1ccccc1CNc1nccnc1Cl. The zero-order chi connectivity index (χ0) is 12.8. The number of methoxy groups -OCH3 is 1. The van der Waals surface area contributed by atoms with Gasteiger partial charge in [0, 0.05) is 26.0 Å². The molecule has 4 nitrogen and oxygen atoms in total. The summed E-state index contributed by atoms with van der Waals surface area (Å²) in [6.07, 6.45) is 3.17. The van der Waals surface area contributed by atoms with Crippen LogP contribution < -0.4 is 5.32 Å². The van der Waals surface area contributed by atoms with Crippen molar-refractivity contribution < 1.29 is 4.74 Å². The molecule has 0 atom stereocenters. The molecular weight excluding hydrogens is 250 g/mol. The number of aromatic nitrogens is 2. The molecule has 0 saturated heterocycles. The second-order valence-corrected chi connectivity index (χ2v) is 4.11. The van der Waals surface area contributed by atoms with E-state index in [1.165, 1.54) is 0 Å². The van der Waals surface area contributed by atoms with Crippen LogP contribution in [0, 0.1) is 0 Å². The lowest BCUT2D eigenvalue weighted by Gasteiger charge is -2.10. The Bertz CT molecular complexity index is 519. The molecular formula is C13H14ClN3O. The van der Waals surface area contributed by atoms with Gasteiger partial charge in [0.25, 0.3) is 0 Å². The van der Waals surface area contributed by atoms with Crippen molar-refractivity contribution >= 4 is 17.4 Å². The number of nitrogens with zero attached hydrogens (tertiary/aromatic N) is 2. The summed E-state index contributed by atoms with van der Waals surface area (Å²) in [5, 5.41) is 3.54. The second kappa shape index (κ2) is 6.33. The van der Waals surface area contributed by atoms with Gasteiger partial charge in [-0.3, -0.25) is 0 Å². The molecule has 0 unspecified atom stereocenters. The van der Waals surface area contributed by atoms with Gasteiger partial charge in [0.15, 0.2) is 11.0 Å². The highest BCUT2D eigenvalue weighted by Crippen LogP contribution is 2.17. The maximum Gasteiger partial charge on any atom is 0.171 e. The molecule has 0 amide bonds. The predicted molar refractivity (Wildman–Crippen MR) is 71.5 cm³/mol. The van der Waals surface area contributed by atoms with Crippen molar-refractivity contribution in [2.45, 2.75) is 13.2 Å². The predicted octanol–water partition coefficient (Wildman–Crippen LogP) is 2.89. The number of nitrogens with one attached hydrogen (secondary N) is 1. The van der Waals surface area contributed by atoms with Crippen LogP contribution in [0.15, 0.2) is 36.7 Å².